The summed E-state index contributed by atoms with van der Waals surface area (Å²) in [5.41, 5.74) is 10.1. The number of nitrogen functional groups attached to an aromatic ring is 1. The molecule has 1 unspecified atom stereocenters. The van der Waals surface area contributed by atoms with Gasteiger partial charge in [0.15, 0.2) is 11.6 Å². The van der Waals surface area contributed by atoms with Gasteiger partial charge in [-0.25, -0.2) is 4.98 Å². The number of aromatic nitrogens is 1. The molecule has 1 aromatic heterocycles. The second-order valence-corrected chi connectivity index (χ2v) is 12.9. The number of hydrogen-bond acceptors (Lipinski definition) is 7. The predicted molar refractivity (Wildman–Crippen MR) is 182 cm³/mol. The molecule has 0 spiro atoms. The number of piperidine rings is 1. The Morgan fingerprint density at radius 1 is 0.936 bits per heavy atom. The molecule has 0 saturated carbocycles. The van der Waals surface area contributed by atoms with Crippen LogP contribution in [0.25, 0.3) is 11.1 Å². The molecule has 3 N–H and O–H groups in total. The summed E-state index contributed by atoms with van der Waals surface area (Å²) in [6.07, 6.45) is 8.34. The number of carbonyl (C=O) groups is 3. The number of carbonyl (C=O) groups excluding carboxylic acids is 3. The van der Waals surface area contributed by atoms with Gasteiger partial charge < -0.3 is 30.5 Å². The van der Waals surface area contributed by atoms with Crippen LogP contribution in [0.2, 0.25) is 0 Å². The number of amides is 3. The van der Waals surface area contributed by atoms with E-state index in [2.05, 4.69) is 15.2 Å². The number of hydrogen-bond donors (Lipinski definition) is 2. The first-order chi connectivity index (χ1) is 22.9. The van der Waals surface area contributed by atoms with Crippen LogP contribution in [0.4, 0.5) is 5.82 Å². The van der Waals surface area contributed by atoms with Gasteiger partial charge in [0.1, 0.15) is 6.10 Å². The molecular weight excluding hydrogens is 592 g/mol. The number of pyridine rings is 1. The molecule has 0 aliphatic carbocycles. The van der Waals surface area contributed by atoms with Crippen LogP contribution in [0.1, 0.15) is 84.3 Å². The lowest BCUT2D eigenvalue weighted by atomic mass is 10.0. The molecule has 10 heteroatoms. The molecule has 4 heterocycles. The largest absolute Gasteiger partial charge is 0.482 e. The molecule has 3 saturated heterocycles. The first-order valence-corrected chi connectivity index (χ1v) is 17.1. The van der Waals surface area contributed by atoms with Gasteiger partial charge in [-0.2, -0.15) is 0 Å². The van der Waals surface area contributed by atoms with E-state index in [-0.39, 0.29) is 29.6 Å². The fourth-order valence-corrected chi connectivity index (χ4v) is 6.91. The van der Waals surface area contributed by atoms with Crippen molar-refractivity contribution in [2.24, 2.45) is 0 Å². The second kappa shape index (κ2) is 15.0. The van der Waals surface area contributed by atoms with E-state index in [4.69, 9.17) is 10.5 Å². The number of ether oxygens (including phenoxy) is 1. The monoisotopic (exact) mass is 638 g/mol. The molecule has 47 heavy (non-hydrogen) atoms. The third-order valence-electron chi connectivity index (χ3n) is 9.76. The van der Waals surface area contributed by atoms with Gasteiger partial charge in [0, 0.05) is 68.1 Å². The highest BCUT2D eigenvalue weighted by Gasteiger charge is 2.28. The molecule has 3 aliphatic rings. The SMILES string of the molecule is CC(Oc1cc(-c2ccc(C(=O)N3CCC(N4CCCC4)CC3)cc2)cnc1N)c1ccc(C(=O)NCCCN2CCCC2=O)cc1. The Hall–Kier alpha value is -4.44. The lowest BCUT2D eigenvalue weighted by molar-refractivity contribution is -0.127. The van der Waals surface area contributed by atoms with Gasteiger partial charge in [0.2, 0.25) is 5.91 Å². The van der Waals surface area contributed by atoms with Crippen LogP contribution in [-0.4, -0.2) is 89.3 Å². The number of rotatable bonds is 11. The van der Waals surface area contributed by atoms with E-state index in [0.717, 1.165) is 62.0 Å². The molecule has 0 bridgehead atoms. The summed E-state index contributed by atoms with van der Waals surface area (Å²) in [6.45, 7) is 7.95. The Labute approximate surface area is 277 Å². The van der Waals surface area contributed by atoms with E-state index in [0.29, 0.717) is 42.4 Å². The molecule has 3 aliphatic heterocycles. The Bertz CT molecular complexity index is 1550. The standard InChI is InChI=1S/C37H46N6O4/c1-26(27-7-11-29(12-8-27)36(45)39-17-5-21-42-20-4-6-34(42)44)47-33-24-31(25-40-35(33)38)28-9-13-30(14-10-28)37(46)43-22-15-32(16-23-43)41-18-2-3-19-41/h7-14,24-26,32H,2-6,15-23H2,1H3,(H2,38,40)(H,39,45). The smallest absolute Gasteiger partial charge is 0.253 e. The molecule has 3 amide bonds. The summed E-state index contributed by atoms with van der Waals surface area (Å²) in [5, 5.41) is 2.94. The average molecular weight is 639 g/mol. The molecule has 0 radical (unpaired) electrons. The maximum absolute atomic E-state index is 13.2. The van der Waals surface area contributed by atoms with E-state index >= 15 is 0 Å². The Morgan fingerprint density at radius 2 is 1.64 bits per heavy atom. The number of anilines is 1. The molecule has 10 nitrogen and oxygen atoms in total. The van der Waals surface area contributed by atoms with Gasteiger partial charge in [0.05, 0.1) is 0 Å². The van der Waals surface area contributed by atoms with Gasteiger partial charge in [-0.05, 0) is 100.0 Å². The summed E-state index contributed by atoms with van der Waals surface area (Å²) in [7, 11) is 0. The van der Waals surface area contributed by atoms with E-state index in [1.807, 2.05) is 59.2 Å². The summed E-state index contributed by atoms with van der Waals surface area (Å²) >= 11 is 0. The van der Waals surface area contributed by atoms with Crippen molar-refractivity contribution in [2.45, 2.75) is 64.0 Å². The maximum Gasteiger partial charge on any atom is 0.253 e. The van der Waals surface area contributed by atoms with Crippen LogP contribution in [0.3, 0.4) is 0 Å². The van der Waals surface area contributed by atoms with Gasteiger partial charge in [-0.15, -0.1) is 0 Å². The molecule has 3 fully saturated rings. The van der Waals surface area contributed by atoms with Crippen molar-refractivity contribution in [1.82, 2.24) is 25.0 Å². The quantitative estimate of drug-likeness (QED) is 0.286. The third kappa shape index (κ3) is 7.93. The summed E-state index contributed by atoms with van der Waals surface area (Å²) in [6, 6.07) is 17.5. The number of nitrogens with two attached hydrogens (primary N) is 1. The first-order valence-electron chi connectivity index (χ1n) is 17.1. The van der Waals surface area contributed by atoms with E-state index in [1.54, 1.807) is 18.3 Å². The van der Waals surface area contributed by atoms with Gasteiger partial charge in [-0.1, -0.05) is 24.3 Å². The van der Waals surface area contributed by atoms with E-state index in [9.17, 15) is 14.4 Å². The van der Waals surface area contributed by atoms with Crippen molar-refractivity contribution in [3.05, 3.63) is 77.5 Å². The Kier molecular flexibility index (Phi) is 10.4. The van der Waals surface area contributed by atoms with Crippen LogP contribution in [0.15, 0.2) is 60.8 Å². The Balaban J connectivity index is 1.01. The minimum absolute atomic E-state index is 0.0865. The van der Waals surface area contributed by atoms with Crippen molar-refractivity contribution in [3.63, 3.8) is 0 Å². The summed E-state index contributed by atoms with van der Waals surface area (Å²) in [5.74, 6) is 0.899. The van der Waals surface area contributed by atoms with Crippen LogP contribution in [-0.2, 0) is 4.79 Å². The molecule has 1 atom stereocenters. The average Bonchev–Trinajstić information content (AvgIpc) is 3.80. The number of nitrogens with one attached hydrogen (secondary N) is 1. The summed E-state index contributed by atoms with van der Waals surface area (Å²) < 4.78 is 6.23. The van der Waals surface area contributed by atoms with Gasteiger partial charge in [-0.3, -0.25) is 14.4 Å². The normalized spacial score (nSPS) is 18.0. The van der Waals surface area contributed by atoms with Crippen molar-refractivity contribution < 1.29 is 19.1 Å². The lowest BCUT2D eigenvalue weighted by Crippen LogP contribution is -2.45. The maximum atomic E-state index is 13.2. The fourth-order valence-electron chi connectivity index (χ4n) is 6.91. The molecule has 3 aromatic rings. The third-order valence-corrected chi connectivity index (χ3v) is 9.76. The molecule has 6 rings (SSSR count). The lowest BCUT2D eigenvalue weighted by Gasteiger charge is -2.36. The molecule has 2 aromatic carbocycles. The van der Waals surface area contributed by atoms with Crippen LogP contribution in [0.5, 0.6) is 5.75 Å². The zero-order valence-electron chi connectivity index (χ0n) is 27.3. The van der Waals surface area contributed by atoms with Crippen molar-refractivity contribution in [1.29, 1.82) is 0 Å². The van der Waals surface area contributed by atoms with Gasteiger partial charge >= 0.3 is 0 Å². The molecule has 248 valence electrons. The molecular formula is C37H46N6O4. The summed E-state index contributed by atoms with van der Waals surface area (Å²) in [4.78, 5) is 48.4. The highest BCUT2D eigenvalue weighted by atomic mass is 16.5. The zero-order chi connectivity index (χ0) is 32.8. The van der Waals surface area contributed by atoms with Crippen molar-refractivity contribution in [3.8, 4) is 16.9 Å². The van der Waals surface area contributed by atoms with Crippen LogP contribution < -0.4 is 15.8 Å². The first kappa shape index (κ1) is 32.5. The number of likely N-dealkylation sites (tertiary alicyclic amines) is 3. The van der Waals surface area contributed by atoms with E-state index < -0.39 is 0 Å². The van der Waals surface area contributed by atoms with Crippen molar-refractivity contribution >= 4 is 23.5 Å². The minimum atomic E-state index is -0.334. The van der Waals surface area contributed by atoms with Gasteiger partial charge in [0.25, 0.3) is 11.8 Å². The van der Waals surface area contributed by atoms with E-state index in [1.165, 1.54) is 25.9 Å². The topological polar surface area (TPSA) is 121 Å². The highest BCUT2D eigenvalue weighted by molar-refractivity contribution is 5.95. The predicted octanol–water partition coefficient (Wildman–Crippen LogP) is 4.91. The highest BCUT2D eigenvalue weighted by Crippen LogP contribution is 2.31. The van der Waals surface area contributed by atoms with Crippen LogP contribution in [0, 0.1) is 0 Å². The Morgan fingerprint density at radius 3 is 2.32 bits per heavy atom. The second-order valence-electron chi connectivity index (χ2n) is 12.9. The zero-order valence-corrected chi connectivity index (χ0v) is 27.3. The fraction of sp³-hybridized carbons (Fsp3) is 0.459. The minimum Gasteiger partial charge on any atom is -0.482 e. The van der Waals surface area contributed by atoms with Crippen LogP contribution >= 0.6 is 0 Å². The number of nitrogens with zero attached hydrogens (tertiary/aromatic N) is 4. The number of benzene rings is 2. The van der Waals surface area contributed by atoms with Crippen molar-refractivity contribution in [2.75, 3.05) is 51.5 Å².